The highest BCUT2D eigenvalue weighted by atomic mass is 16.6. The Kier molecular flexibility index (Phi) is 4.42. The summed E-state index contributed by atoms with van der Waals surface area (Å²) in [5, 5.41) is 9.31. The van der Waals surface area contributed by atoms with Crippen LogP contribution < -0.4 is 0 Å². The minimum atomic E-state index is -0.447. The van der Waals surface area contributed by atoms with E-state index in [0.29, 0.717) is 24.9 Å². The predicted molar refractivity (Wildman–Crippen MR) is 66.7 cm³/mol. The number of rotatable bonds is 1. The van der Waals surface area contributed by atoms with Crippen molar-refractivity contribution in [2.75, 3.05) is 19.7 Å². The fourth-order valence-electron chi connectivity index (χ4n) is 2.44. The van der Waals surface area contributed by atoms with E-state index in [1.165, 1.54) is 0 Å². The summed E-state index contributed by atoms with van der Waals surface area (Å²) in [6.45, 7) is 11.3. The number of piperidine rings is 1. The summed E-state index contributed by atoms with van der Waals surface area (Å²) < 4.78 is 5.37. The van der Waals surface area contributed by atoms with Crippen LogP contribution in [0.15, 0.2) is 0 Å². The number of likely N-dealkylation sites (tertiary alicyclic amines) is 1. The molecule has 1 aliphatic rings. The fraction of sp³-hybridized carbons (Fsp3) is 0.923. The van der Waals surface area contributed by atoms with Crippen molar-refractivity contribution in [1.29, 1.82) is 0 Å². The Labute approximate surface area is 104 Å². The van der Waals surface area contributed by atoms with Crippen molar-refractivity contribution in [3.05, 3.63) is 0 Å². The molecule has 1 fully saturated rings. The molecule has 4 nitrogen and oxygen atoms in total. The van der Waals surface area contributed by atoms with Crippen LogP contribution in [0.2, 0.25) is 0 Å². The zero-order chi connectivity index (χ0) is 13.2. The van der Waals surface area contributed by atoms with Crippen molar-refractivity contribution in [2.45, 2.75) is 40.2 Å². The number of hydrogen-bond acceptors (Lipinski definition) is 3. The van der Waals surface area contributed by atoms with Crippen molar-refractivity contribution in [1.82, 2.24) is 4.90 Å². The van der Waals surface area contributed by atoms with Gasteiger partial charge < -0.3 is 14.7 Å². The van der Waals surface area contributed by atoms with E-state index in [-0.39, 0.29) is 18.6 Å². The van der Waals surface area contributed by atoms with Gasteiger partial charge in [-0.15, -0.1) is 0 Å². The highest BCUT2D eigenvalue weighted by Crippen LogP contribution is 2.28. The molecule has 100 valence electrons. The lowest BCUT2D eigenvalue weighted by molar-refractivity contribution is -0.00669. The topological polar surface area (TPSA) is 49.8 Å². The van der Waals surface area contributed by atoms with Crippen LogP contribution in [0.4, 0.5) is 4.79 Å². The standard InChI is InChI=1S/C13H25NO3/c1-9-6-14(7-10(2)11(9)8-15)12(16)17-13(3,4)5/h9-11,15H,6-8H2,1-5H3/t9-,10+,11?. The fourth-order valence-corrected chi connectivity index (χ4v) is 2.44. The molecule has 0 aromatic heterocycles. The van der Waals surface area contributed by atoms with Crippen LogP contribution >= 0.6 is 0 Å². The number of amides is 1. The number of ether oxygens (including phenoxy) is 1. The molecule has 1 amide bonds. The first kappa shape index (κ1) is 14.3. The van der Waals surface area contributed by atoms with Gasteiger partial charge in [-0.25, -0.2) is 4.79 Å². The molecule has 1 N–H and O–H groups in total. The zero-order valence-corrected chi connectivity index (χ0v) is 11.6. The van der Waals surface area contributed by atoms with Crippen LogP contribution in [-0.4, -0.2) is 41.4 Å². The van der Waals surface area contributed by atoms with E-state index < -0.39 is 5.60 Å². The second-order valence-corrected chi connectivity index (χ2v) is 6.19. The zero-order valence-electron chi connectivity index (χ0n) is 11.6. The lowest BCUT2D eigenvalue weighted by Gasteiger charge is -2.40. The van der Waals surface area contributed by atoms with Gasteiger partial charge >= 0.3 is 6.09 Å². The first-order valence-corrected chi connectivity index (χ1v) is 6.33. The van der Waals surface area contributed by atoms with Gasteiger partial charge in [0.15, 0.2) is 0 Å². The summed E-state index contributed by atoms with van der Waals surface area (Å²) in [7, 11) is 0. The van der Waals surface area contributed by atoms with Gasteiger partial charge in [0.25, 0.3) is 0 Å². The Morgan fingerprint density at radius 2 is 1.76 bits per heavy atom. The number of hydrogen-bond donors (Lipinski definition) is 1. The summed E-state index contributed by atoms with van der Waals surface area (Å²) in [5.74, 6) is 0.918. The number of carbonyl (C=O) groups excluding carboxylic acids is 1. The minimum Gasteiger partial charge on any atom is -0.444 e. The Hall–Kier alpha value is -0.770. The highest BCUT2D eigenvalue weighted by molar-refractivity contribution is 5.68. The number of aliphatic hydroxyl groups excluding tert-OH is 1. The summed E-state index contributed by atoms with van der Waals surface area (Å²) in [5.41, 5.74) is -0.447. The monoisotopic (exact) mass is 243 g/mol. The Morgan fingerprint density at radius 1 is 1.29 bits per heavy atom. The largest absolute Gasteiger partial charge is 0.444 e. The molecule has 1 rings (SSSR count). The summed E-state index contributed by atoms with van der Waals surface area (Å²) in [4.78, 5) is 13.7. The van der Waals surface area contributed by atoms with Gasteiger partial charge in [-0.2, -0.15) is 0 Å². The van der Waals surface area contributed by atoms with Crippen molar-refractivity contribution in [3.63, 3.8) is 0 Å². The van der Waals surface area contributed by atoms with Crippen molar-refractivity contribution >= 4 is 6.09 Å². The molecule has 4 heteroatoms. The van der Waals surface area contributed by atoms with E-state index >= 15 is 0 Å². The van der Waals surface area contributed by atoms with E-state index in [2.05, 4.69) is 13.8 Å². The van der Waals surface area contributed by atoms with Gasteiger partial charge in [0.2, 0.25) is 0 Å². The average molecular weight is 243 g/mol. The maximum Gasteiger partial charge on any atom is 0.410 e. The maximum absolute atomic E-state index is 11.9. The molecule has 0 bridgehead atoms. The summed E-state index contributed by atoms with van der Waals surface area (Å²) in [6, 6.07) is 0. The van der Waals surface area contributed by atoms with E-state index in [1.54, 1.807) is 4.90 Å². The molecule has 1 heterocycles. The molecule has 1 saturated heterocycles. The lowest BCUT2D eigenvalue weighted by Crippen LogP contribution is -2.49. The van der Waals surface area contributed by atoms with Crippen LogP contribution in [0, 0.1) is 17.8 Å². The smallest absolute Gasteiger partial charge is 0.410 e. The van der Waals surface area contributed by atoms with Gasteiger partial charge in [-0.05, 0) is 38.5 Å². The van der Waals surface area contributed by atoms with Crippen molar-refractivity contribution in [3.8, 4) is 0 Å². The number of carbonyl (C=O) groups is 1. The van der Waals surface area contributed by atoms with Gasteiger partial charge in [-0.1, -0.05) is 13.8 Å². The first-order valence-electron chi connectivity index (χ1n) is 6.33. The Bertz CT molecular complexity index is 260. The molecular weight excluding hydrogens is 218 g/mol. The van der Waals surface area contributed by atoms with E-state index in [4.69, 9.17) is 4.74 Å². The maximum atomic E-state index is 11.9. The molecule has 0 radical (unpaired) electrons. The Morgan fingerprint density at radius 3 is 2.12 bits per heavy atom. The summed E-state index contributed by atoms with van der Waals surface area (Å²) >= 11 is 0. The molecule has 3 atom stereocenters. The van der Waals surface area contributed by atoms with Crippen molar-refractivity contribution < 1.29 is 14.6 Å². The third-order valence-electron chi connectivity index (χ3n) is 3.34. The SMILES string of the molecule is C[C@@H]1CN(C(=O)OC(C)(C)C)C[C@H](C)C1CO. The second-order valence-electron chi connectivity index (χ2n) is 6.19. The van der Waals surface area contributed by atoms with Crippen LogP contribution in [0.25, 0.3) is 0 Å². The minimum absolute atomic E-state index is 0.199. The van der Waals surface area contributed by atoms with Gasteiger partial charge in [0.05, 0.1) is 0 Å². The second kappa shape index (κ2) is 5.25. The molecule has 0 saturated carbocycles. The average Bonchev–Trinajstić information content (AvgIpc) is 2.14. The van der Waals surface area contributed by atoms with Crippen molar-refractivity contribution in [2.24, 2.45) is 17.8 Å². The van der Waals surface area contributed by atoms with Crippen LogP contribution in [-0.2, 0) is 4.74 Å². The van der Waals surface area contributed by atoms with Crippen LogP contribution in [0.5, 0.6) is 0 Å². The normalized spacial score (nSPS) is 30.2. The highest BCUT2D eigenvalue weighted by Gasteiger charge is 2.35. The third kappa shape index (κ3) is 3.87. The van der Waals surface area contributed by atoms with Gasteiger partial charge in [-0.3, -0.25) is 0 Å². The molecule has 0 aromatic rings. The van der Waals surface area contributed by atoms with E-state index in [0.717, 1.165) is 0 Å². The molecule has 0 aromatic carbocycles. The molecular formula is C13H25NO3. The summed E-state index contributed by atoms with van der Waals surface area (Å²) in [6.07, 6.45) is -0.243. The molecule has 1 unspecified atom stereocenters. The first-order chi connectivity index (χ1) is 7.74. The van der Waals surface area contributed by atoms with Crippen LogP contribution in [0.1, 0.15) is 34.6 Å². The van der Waals surface area contributed by atoms with Gasteiger partial charge in [0.1, 0.15) is 5.60 Å². The lowest BCUT2D eigenvalue weighted by atomic mass is 9.80. The van der Waals surface area contributed by atoms with E-state index in [9.17, 15) is 9.90 Å². The number of nitrogens with zero attached hydrogens (tertiary/aromatic N) is 1. The quantitative estimate of drug-likeness (QED) is 0.767. The predicted octanol–water partition coefficient (Wildman–Crippen LogP) is 2.12. The molecule has 0 aliphatic carbocycles. The third-order valence-corrected chi connectivity index (χ3v) is 3.34. The van der Waals surface area contributed by atoms with Crippen LogP contribution in [0.3, 0.4) is 0 Å². The van der Waals surface area contributed by atoms with Gasteiger partial charge in [0, 0.05) is 19.7 Å². The molecule has 0 spiro atoms. The molecule has 17 heavy (non-hydrogen) atoms. The number of aliphatic hydroxyl groups is 1. The molecule has 1 aliphatic heterocycles. The van der Waals surface area contributed by atoms with E-state index in [1.807, 2.05) is 20.8 Å². The Balaban J connectivity index is 2.60.